The van der Waals surface area contributed by atoms with Crippen molar-refractivity contribution in [2.75, 3.05) is 106 Å². The molecule has 0 saturated carbocycles. The van der Waals surface area contributed by atoms with E-state index in [2.05, 4.69) is 163 Å². The highest BCUT2D eigenvalue weighted by molar-refractivity contribution is 6.31. The van der Waals surface area contributed by atoms with Gasteiger partial charge in [0.15, 0.2) is 34.9 Å². The van der Waals surface area contributed by atoms with Crippen molar-refractivity contribution in [2.24, 2.45) is 0 Å². The lowest BCUT2D eigenvalue weighted by atomic mass is 10.1. The van der Waals surface area contributed by atoms with Crippen LogP contribution < -0.4 is 66.3 Å². The number of aromatic nitrogens is 18. The molecule has 38 heteroatoms. The topological polar surface area (TPSA) is 582 Å². The van der Waals surface area contributed by atoms with Crippen LogP contribution in [-0.4, -0.2) is 196 Å². The van der Waals surface area contributed by atoms with Crippen molar-refractivity contribution in [3.63, 3.8) is 0 Å². The number of unbranched alkanes of at least 4 members (excludes halogenated alkanes) is 4. The Kier molecular flexibility index (Phi) is 38.0. The number of fused-ring (bicyclic) bond motifs is 6. The summed E-state index contributed by atoms with van der Waals surface area (Å²) < 4.78 is 13.2. The first-order valence-corrected chi connectivity index (χ1v) is 39.4. The first-order chi connectivity index (χ1) is 56.0. The first-order valence-electron chi connectivity index (χ1n) is 39.0. The fourth-order valence-corrected chi connectivity index (χ4v) is 11.9. The number of aryl methyl sites for hydroxylation is 2. The third-order valence-corrected chi connectivity index (χ3v) is 17.9. The zero-order valence-electron chi connectivity index (χ0n) is 67.1. The Morgan fingerprint density at radius 2 is 0.586 bits per heavy atom. The summed E-state index contributed by atoms with van der Waals surface area (Å²) in [6, 6.07) is 17.3. The van der Waals surface area contributed by atoms with Gasteiger partial charge in [0.2, 0.25) is 35.7 Å². The number of aliphatic hydroxyl groups excluding tert-OH is 6. The number of anilines is 12. The Bertz CT molecular complexity index is 4900. The third-order valence-electron chi connectivity index (χ3n) is 17.6. The minimum absolute atomic E-state index is 0.0212. The SMILES string of the molecule is CCCC[C@H](CO)Nc1nc(N)nc2cc(Cl)cnc12.CCCC[C@H](CO)Nc1nc(N)nc2cc(F)cnc12.CCCC[C@H](CO)Nc1nc(N)nc2ccc(C)nc12.CCCC[C@H](CO)Nc1nc(N)nc2cccnc12.CCC[C@H](CO)Nc1nc(N)nc2ccc(C)nc12.CCC[C@H](CO)Nc1nc(N)nc2cccnc12. The van der Waals surface area contributed by atoms with Crippen LogP contribution in [0.1, 0.15) is 156 Å². The molecule has 624 valence electrons. The summed E-state index contributed by atoms with van der Waals surface area (Å²) in [7, 11) is 0. The number of aliphatic hydroxyl groups is 6. The molecule has 0 radical (unpaired) electrons. The van der Waals surface area contributed by atoms with E-state index in [1.165, 1.54) is 12.3 Å². The number of hydrogen-bond donors (Lipinski definition) is 18. The van der Waals surface area contributed by atoms with E-state index < -0.39 is 5.82 Å². The van der Waals surface area contributed by atoms with Crippen molar-refractivity contribution in [1.82, 2.24) is 89.7 Å². The highest BCUT2D eigenvalue weighted by atomic mass is 35.5. The number of rotatable bonds is 34. The summed E-state index contributed by atoms with van der Waals surface area (Å²) >= 11 is 5.90. The van der Waals surface area contributed by atoms with Crippen LogP contribution in [0.5, 0.6) is 0 Å². The maximum absolute atomic E-state index is 13.2. The van der Waals surface area contributed by atoms with E-state index in [4.69, 9.17) is 46.0 Å². The number of nitrogens with one attached hydrogen (secondary N) is 6. The van der Waals surface area contributed by atoms with Crippen molar-refractivity contribution in [1.29, 1.82) is 0 Å². The average molecular weight is 1620 g/mol. The number of halogens is 2. The zero-order chi connectivity index (χ0) is 84.1. The Balaban J connectivity index is 0.000000193. The molecule has 0 aromatic carbocycles. The van der Waals surface area contributed by atoms with Gasteiger partial charge in [-0.05, 0) is 107 Å². The monoisotopic (exact) mass is 1620 g/mol. The van der Waals surface area contributed by atoms with Crippen LogP contribution in [0, 0.1) is 19.7 Å². The lowest BCUT2D eigenvalue weighted by molar-refractivity contribution is 0.266. The highest BCUT2D eigenvalue weighted by Crippen LogP contribution is 2.28. The van der Waals surface area contributed by atoms with Crippen LogP contribution in [0.2, 0.25) is 5.02 Å². The van der Waals surface area contributed by atoms with E-state index in [1.807, 2.05) is 50.2 Å². The van der Waals surface area contributed by atoms with Gasteiger partial charge in [-0.3, -0.25) is 9.97 Å². The molecule has 12 heterocycles. The van der Waals surface area contributed by atoms with Gasteiger partial charge in [-0.1, -0.05) is 117 Å². The number of nitrogens with zero attached hydrogens (tertiary/aromatic N) is 18. The second-order valence-corrected chi connectivity index (χ2v) is 27.7. The molecule has 0 aliphatic heterocycles. The Morgan fingerprint density at radius 1 is 0.319 bits per heavy atom. The molecule has 0 saturated heterocycles. The molecule has 0 fully saturated rings. The van der Waals surface area contributed by atoms with Crippen LogP contribution in [0.3, 0.4) is 0 Å². The molecular weight excluding hydrogens is 1510 g/mol. The Morgan fingerprint density at radius 3 is 0.888 bits per heavy atom. The number of pyridine rings is 6. The molecule has 0 aliphatic rings. The lowest BCUT2D eigenvalue weighted by Crippen LogP contribution is -2.24. The van der Waals surface area contributed by atoms with Gasteiger partial charge in [-0.15, -0.1) is 0 Å². The van der Waals surface area contributed by atoms with E-state index in [1.54, 1.807) is 30.6 Å². The second-order valence-electron chi connectivity index (χ2n) is 27.3. The van der Waals surface area contributed by atoms with E-state index in [0.717, 1.165) is 120 Å². The summed E-state index contributed by atoms with van der Waals surface area (Å²) in [5.74, 6) is 3.80. The van der Waals surface area contributed by atoms with Crippen LogP contribution in [0.15, 0.2) is 85.5 Å². The molecule has 12 rings (SSSR count). The summed E-state index contributed by atoms with van der Waals surface area (Å²) in [5.41, 5.74) is 43.4. The van der Waals surface area contributed by atoms with Gasteiger partial charge < -0.3 is 96.9 Å². The summed E-state index contributed by atoms with van der Waals surface area (Å²) in [5, 5.41) is 75.9. The minimum Gasteiger partial charge on any atom is -0.394 e. The first kappa shape index (κ1) is 91.7. The molecule has 6 atom stereocenters. The predicted molar refractivity (Wildman–Crippen MR) is 460 cm³/mol. The quantitative estimate of drug-likeness (QED) is 0.0178. The summed E-state index contributed by atoms with van der Waals surface area (Å²) in [6.45, 7) is 16.6. The van der Waals surface area contributed by atoms with Gasteiger partial charge in [0, 0.05) is 36.0 Å². The predicted octanol–water partition coefficient (Wildman–Crippen LogP) is 10.0. The molecule has 12 aromatic heterocycles. The maximum atomic E-state index is 13.2. The number of nitrogens with two attached hydrogens (primary N) is 6. The Hall–Kier alpha value is -11.5. The smallest absolute Gasteiger partial charge is 0.222 e. The largest absolute Gasteiger partial charge is 0.394 e. The molecule has 12 aromatic rings. The van der Waals surface area contributed by atoms with Crippen LogP contribution in [0.4, 0.5) is 75.0 Å². The van der Waals surface area contributed by atoms with Crippen molar-refractivity contribution >= 4 is 148 Å². The molecule has 0 amide bonds. The van der Waals surface area contributed by atoms with Crippen molar-refractivity contribution < 1.29 is 35.0 Å². The van der Waals surface area contributed by atoms with Gasteiger partial charge in [-0.25, -0.2) is 54.2 Å². The van der Waals surface area contributed by atoms with Gasteiger partial charge in [0.1, 0.15) is 38.9 Å². The second kappa shape index (κ2) is 48.0. The van der Waals surface area contributed by atoms with Crippen LogP contribution in [-0.2, 0) is 0 Å². The molecule has 36 nitrogen and oxygen atoms in total. The van der Waals surface area contributed by atoms with Crippen LogP contribution >= 0.6 is 11.6 Å². The van der Waals surface area contributed by atoms with Crippen LogP contribution in [0.25, 0.3) is 66.2 Å². The van der Waals surface area contributed by atoms with Gasteiger partial charge in [0.05, 0.1) is 120 Å². The van der Waals surface area contributed by atoms with E-state index in [-0.39, 0.29) is 112 Å². The number of hydrogen-bond acceptors (Lipinski definition) is 36. The average Bonchev–Trinajstić information content (AvgIpc) is 0.841. The Labute approximate surface area is 678 Å². The molecule has 116 heavy (non-hydrogen) atoms. The fraction of sp³-hybridized carbons (Fsp3) is 0.462. The summed E-state index contributed by atoms with van der Waals surface area (Å²) in [4.78, 5) is 75.3. The molecule has 24 N–H and O–H groups in total. The molecule has 0 bridgehead atoms. The zero-order valence-corrected chi connectivity index (χ0v) is 67.8. The maximum Gasteiger partial charge on any atom is 0.222 e. The molecular formula is C78H112ClFN30O6. The normalized spacial score (nSPS) is 12.6. The third kappa shape index (κ3) is 28.5. The molecule has 0 spiro atoms. The highest BCUT2D eigenvalue weighted by Gasteiger charge is 2.20. The van der Waals surface area contributed by atoms with E-state index in [0.29, 0.717) is 106 Å². The van der Waals surface area contributed by atoms with E-state index >= 15 is 0 Å². The molecule has 0 aliphatic carbocycles. The van der Waals surface area contributed by atoms with Crippen molar-refractivity contribution in [3.05, 3.63) is 108 Å². The van der Waals surface area contributed by atoms with E-state index in [9.17, 15) is 35.0 Å². The van der Waals surface area contributed by atoms with Gasteiger partial charge in [0.25, 0.3) is 0 Å². The van der Waals surface area contributed by atoms with Gasteiger partial charge in [-0.2, -0.15) is 29.9 Å². The number of nitrogen functional groups attached to an aromatic ring is 6. The molecule has 0 unspecified atom stereocenters. The van der Waals surface area contributed by atoms with Crippen molar-refractivity contribution in [3.8, 4) is 0 Å². The summed E-state index contributed by atoms with van der Waals surface area (Å²) in [6.07, 6.45) is 21.5. The lowest BCUT2D eigenvalue weighted by Gasteiger charge is -2.17. The van der Waals surface area contributed by atoms with Gasteiger partial charge >= 0.3 is 0 Å². The minimum atomic E-state index is -0.480. The van der Waals surface area contributed by atoms with Crippen molar-refractivity contribution in [2.45, 2.75) is 194 Å². The standard InChI is InChI=1S/C14H21N5O.C13H18ClN5O.C13H18FN5O.2C13H19N5O.C12H17N5O/c1-3-4-5-10(8-20)17-13-12-11(18-14(15)19-13)7-6-9(2)16-12;2*1-2-3-4-9(7-20)17-12-11-10(18-13(15)19-12)5-8(14)6-16-11;1-3-4-9(7-19)16-12-11-10(17-13(14)18-12)6-5-8(2)15-11;1-2-3-5-9(8-19)16-12-11-10(6-4-7-15-11)17-13(14)18-12;1-2-4-8(7-18)15-11-10-9(5-3-6-14-10)16-12(13)17-11/h6-7,10,20H,3-5,8H2,1-2H3,(H3,15,17,18,19);2*5-6,9,20H,2-4,7H2,1H3,(H3,15,17,18,19);5-6,9,19H,3-4,7H2,1-2H3,(H3,14,16,17,18);4,6-7,9,19H,2-3,5,8H2,1H3,(H3,14,16,17,18);3,5-6,8,18H,2,4,7H2,1H3,(H3,13,15,16,17)/t10-;4*9-;8-/m111111/s1. The fourth-order valence-electron chi connectivity index (χ4n) is 11.8.